The molecule has 1 atom stereocenters. The molecule has 0 aliphatic carbocycles. The maximum absolute atomic E-state index is 13.7. The summed E-state index contributed by atoms with van der Waals surface area (Å²) in [5, 5.41) is 9.70. The number of aliphatic hydroxyl groups excluding tert-OH is 1. The van der Waals surface area contributed by atoms with Crippen molar-refractivity contribution in [2.75, 3.05) is 0 Å². The Hall–Kier alpha value is -1.58. The van der Waals surface area contributed by atoms with Gasteiger partial charge in [-0.05, 0) is 19.1 Å². The van der Waals surface area contributed by atoms with Crippen LogP contribution in [0.4, 0.5) is 4.39 Å². The molecule has 4 heteroatoms. The van der Waals surface area contributed by atoms with Crippen LogP contribution in [0, 0.1) is 5.82 Å². The van der Waals surface area contributed by atoms with Crippen molar-refractivity contribution in [2.45, 2.75) is 19.6 Å². The Morgan fingerprint density at radius 1 is 1.21 bits per heavy atom. The Balaban J connectivity index is 2.17. The molecule has 0 aliphatic heterocycles. The molecule has 0 saturated heterocycles. The fraction of sp³-hybridized carbons (Fsp3) is 0.200. The first-order valence-electron chi connectivity index (χ1n) is 5.92. The third kappa shape index (κ3) is 3.25. The van der Waals surface area contributed by atoms with Gasteiger partial charge in [-0.2, -0.15) is 0 Å². The summed E-state index contributed by atoms with van der Waals surface area (Å²) in [5.41, 5.74) is 1.05. The van der Waals surface area contributed by atoms with Crippen LogP contribution in [0.1, 0.15) is 24.2 Å². The number of hydrogen-bond acceptors (Lipinski definition) is 2. The fourth-order valence-corrected chi connectivity index (χ4v) is 1.97. The Morgan fingerprint density at radius 3 is 2.68 bits per heavy atom. The van der Waals surface area contributed by atoms with Crippen LogP contribution in [0.3, 0.4) is 0 Å². The second-order valence-electron chi connectivity index (χ2n) is 4.22. The zero-order valence-corrected chi connectivity index (χ0v) is 11.2. The van der Waals surface area contributed by atoms with Crippen LogP contribution >= 0.6 is 11.6 Å². The normalized spacial score (nSPS) is 12.2. The second-order valence-corrected chi connectivity index (χ2v) is 4.62. The first-order valence-corrected chi connectivity index (χ1v) is 6.30. The average molecular weight is 281 g/mol. The molecule has 100 valence electrons. The number of halogens is 2. The van der Waals surface area contributed by atoms with Gasteiger partial charge in [0.25, 0.3) is 0 Å². The molecular weight excluding hydrogens is 267 g/mol. The molecule has 0 heterocycles. The maximum Gasteiger partial charge on any atom is 0.148 e. The highest BCUT2D eigenvalue weighted by Gasteiger charge is 2.10. The SMILES string of the molecule is C[C@@H](O)c1ccccc1OCc1cccc(Cl)c1F. The van der Waals surface area contributed by atoms with Crippen molar-refractivity contribution in [1.29, 1.82) is 0 Å². The molecule has 0 aromatic heterocycles. The molecule has 19 heavy (non-hydrogen) atoms. The van der Waals surface area contributed by atoms with Crippen LogP contribution in [-0.4, -0.2) is 5.11 Å². The van der Waals surface area contributed by atoms with Gasteiger partial charge in [0.2, 0.25) is 0 Å². The lowest BCUT2D eigenvalue weighted by atomic mass is 10.1. The molecule has 2 aromatic rings. The third-order valence-electron chi connectivity index (χ3n) is 2.78. The van der Waals surface area contributed by atoms with E-state index in [1.807, 2.05) is 6.07 Å². The van der Waals surface area contributed by atoms with Gasteiger partial charge >= 0.3 is 0 Å². The highest BCUT2D eigenvalue weighted by Crippen LogP contribution is 2.26. The van der Waals surface area contributed by atoms with Gasteiger partial charge in [-0.3, -0.25) is 0 Å². The number of aliphatic hydroxyl groups is 1. The molecule has 0 fully saturated rings. The van der Waals surface area contributed by atoms with E-state index in [9.17, 15) is 9.50 Å². The molecule has 2 nitrogen and oxygen atoms in total. The van der Waals surface area contributed by atoms with Crippen molar-refractivity contribution < 1.29 is 14.2 Å². The van der Waals surface area contributed by atoms with Crippen molar-refractivity contribution in [1.82, 2.24) is 0 Å². The predicted octanol–water partition coefficient (Wildman–Crippen LogP) is 4.11. The lowest BCUT2D eigenvalue weighted by Gasteiger charge is -2.13. The Kier molecular flexibility index (Phi) is 4.40. The minimum atomic E-state index is -0.639. The standard InChI is InChI=1S/C15H14ClFO2/c1-10(18)12-6-2-3-8-14(12)19-9-11-5-4-7-13(16)15(11)17/h2-8,10,18H,9H2,1H3/t10-/m1/s1. The summed E-state index contributed by atoms with van der Waals surface area (Å²) in [5.74, 6) is 0.0653. The average Bonchev–Trinajstić information content (AvgIpc) is 2.40. The first-order chi connectivity index (χ1) is 9.09. The molecule has 0 amide bonds. The number of ether oxygens (including phenoxy) is 1. The van der Waals surface area contributed by atoms with E-state index >= 15 is 0 Å². The van der Waals surface area contributed by atoms with Crippen LogP contribution in [0.15, 0.2) is 42.5 Å². The van der Waals surface area contributed by atoms with Crippen molar-refractivity contribution in [3.05, 3.63) is 64.4 Å². The van der Waals surface area contributed by atoms with E-state index in [0.29, 0.717) is 16.9 Å². The quantitative estimate of drug-likeness (QED) is 0.913. The molecule has 2 aromatic carbocycles. The monoisotopic (exact) mass is 280 g/mol. The van der Waals surface area contributed by atoms with E-state index < -0.39 is 11.9 Å². The van der Waals surface area contributed by atoms with Gasteiger partial charge in [-0.1, -0.05) is 41.9 Å². The fourth-order valence-electron chi connectivity index (χ4n) is 1.77. The summed E-state index contributed by atoms with van der Waals surface area (Å²) in [6.45, 7) is 1.72. The number of rotatable bonds is 4. The van der Waals surface area contributed by atoms with E-state index in [1.54, 1.807) is 37.3 Å². The van der Waals surface area contributed by atoms with Crippen LogP contribution in [0.5, 0.6) is 5.75 Å². The topological polar surface area (TPSA) is 29.5 Å². The Labute approximate surface area is 116 Å². The van der Waals surface area contributed by atoms with Gasteiger partial charge in [-0.15, -0.1) is 0 Å². The minimum absolute atomic E-state index is 0.0656. The van der Waals surface area contributed by atoms with Gasteiger partial charge in [0.1, 0.15) is 18.2 Å². The molecule has 0 spiro atoms. The molecule has 0 aliphatic rings. The highest BCUT2D eigenvalue weighted by molar-refractivity contribution is 6.30. The van der Waals surface area contributed by atoms with Crippen molar-refractivity contribution in [3.8, 4) is 5.75 Å². The summed E-state index contributed by atoms with van der Waals surface area (Å²) in [4.78, 5) is 0. The highest BCUT2D eigenvalue weighted by atomic mass is 35.5. The van der Waals surface area contributed by atoms with Gasteiger partial charge < -0.3 is 9.84 Å². The molecule has 0 bridgehead atoms. The van der Waals surface area contributed by atoms with Crippen molar-refractivity contribution in [2.24, 2.45) is 0 Å². The van der Waals surface area contributed by atoms with Crippen LogP contribution in [0.2, 0.25) is 5.02 Å². The number of benzene rings is 2. The molecule has 0 unspecified atom stereocenters. The Morgan fingerprint density at radius 2 is 1.95 bits per heavy atom. The molecule has 0 radical (unpaired) electrons. The molecular formula is C15H14ClFO2. The van der Waals surface area contributed by atoms with E-state index in [1.165, 1.54) is 6.07 Å². The van der Waals surface area contributed by atoms with E-state index in [2.05, 4.69) is 0 Å². The van der Waals surface area contributed by atoms with Crippen molar-refractivity contribution in [3.63, 3.8) is 0 Å². The lowest BCUT2D eigenvalue weighted by molar-refractivity contribution is 0.190. The van der Waals surface area contributed by atoms with Crippen LogP contribution in [0.25, 0.3) is 0 Å². The van der Waals surface area contributed by atoms with Crippen molar-refractivity contribution >= 4 is 11.6 Å². The second kappa shape index (κ2) is 6.04. The summed E-state index contributed by atoms with van der Waals surface area (Å²) in [6.07, 6.45) is -0.639. The first kappa shape index (κ1) is 13.8. The summed E-state index contributed by atoms with van der Waals surface area (Å²) in [6, 6.07) is 11.9. The van der Waals surface area contributed by atoms with E-state index in [-0.39, 0.29) is 11.6 Å². The molecule has 1 N–H and O–H groups in total. The number of para-hydroxylation sites is 1. The lowest BCUT2D eigenvalue weighted by Crippen LogP contribution is -2.02. The van der Waals surface area contributed by atoms with Crippen LogP contribution in [-0.2, 0) is 6.61 Å². The molecule has 0 saturated carbocycles. The van der Waals surface area contributed by atoms with Gasteiger partial charge in [0.15, 0.2) is 0 Å². The van der Waals surface area contributed by atoms with E-state index in [4.69, 9.17) is 16.3 Å². The Bertz CT molecular complexity index is 570. The largest absolute Gasteiger partial charge is 0.488 e. The van der Waals surface area contributed by atoms with Gasteiger partial charge in [0, 0.05) is 11.1 Å². The maximum atomic E-state index is 13.7. The minimum Gasteiger partial charge on any atom is -0.488 e. The predicted molar refractivity (Wildman–Crippen MR) is 72.8 cm³/mol. The summed E-state index contributed by atoms with van der Waals surface area (Å²) in [7, 11) is 0. The third-order valence-corrected chi connectivity index (χ3v) is 3.08. The van der Waals surface area contributed by atoms with Gasteiger partial charge in [0.05, 0.1) is 11.1 Å². The zero-order chi connectivity index (χ0) is 13.8. The zero-order valence-electron chi connectivity index (χ0n) is 10.4. The smallest absolute Gasteiger partial charge is 0.148 e. The molecule has 2 rings (SSSR count). The summed E-state index contributed by atoms with van der Waals surface area (Å²) < 4.78 is 19.3. The van der Waals surface area contributed by atoms with E-state index in [0.717, 1.165) is 0 Å². The number of hydrogen-bond donors (Lipinski definition) is 1. The summed E-state index contributed by atoms with van der Waals surface area (Å²) >= 11 is 5.71. The van der Waals surface area contributed by atoms with Gasteiger partial charge in [-0.25, -0.2) is 4.39 Å². The van der Waals surface area contributed by atoms with Crippen LogP contribution < -0.4 is 4.74 Å².